The molecule has 4 fully saturated rings. The molecule has 1 amide bonds. The second-order valence-electron chi connectivity index (χ2n) is 13.2. The molecule has 0 N–H and O–H groups in total. The zero-order chi connectivity index (χ0) is 26.8. The molecular weight excluding hydrogens is 461 g/mol. The van der Waals surface area contributed by atoms with Crippen molar-refractivity contribution in [3.05, 3.63) is 35.6 Å². The highest BCUT2D eigenvalue weighted by atomic mass is 19.1. The number of rotatable bonds is 5. The Labute approximate surface area is 225 Å². The number of aryl methyl sites for hydroxylation is 1. The lowest BCUT2D eigenvalue weighted by Gasteiger charge is -2.61. The Hall–Kier alpha value is -1.58. The Morgan fingerprint density at radius 1 is 0.946 bits per heavy atom. The topological polar surface area (TPSA) is 29.5 Å². The first-order chi connectivity index (χ1) is 17.7. The second kappa shape index (κ2) is 11.7. The highest BCUT2D eigenvalue weighted by Gasteiger charge is 2.60. The van der Waals surface area contributed by atoms with Gasteiger partial charge in [0.25, 0.3) is 0 Å². The molecule has 0 saturated heterocycles. The highest BCUT2D eigenvalue weighted by Crippen LogP contribution is 2.68. The zero-order valence-electron chi connectivity index (χ0n) is 24.4. The quantitative estimate of drug-likeness (QED) is 0.393. The number of hydrogen-bond acceptors (Lipinski definition) is 2. The van der Waals surface area contributed by atoms with Gasteiger partial charge in [-0.15, -0.1) is 0 Å². The van der Waals surface area contributed by atoms with Crippen molar-refractivity contribution in [2.24, 2.45) is 40.4 Å². The van der Waals surface area contributed by atoms with E-state index in [1.54, 1.807) is 31.1 Å². The molecule has 4 saturated carbocycles. The monoisotopic (exact) mass is 513 g/mol. The van der Waals surface area contributed by atoms with Crippen molar-refractivity contribution in [2.75, 3.05) is 14.1 Å². The minimum absolute atomic E-state index is 0.102. The fraction of sp³-hybridized carbons (Fsp3) is 0.788. The molecule has 37 heavy (non-hydrogen) atoms. The standard InChI is InChI=1S/C31H46FNO2.C2H6/c1-30-19-17-28-26(14-10-23-20-25(16-18-31(23,28)2)35-29(34)33(3)4)27(30)15-11-22(30)7-5-6-21-8-12-24(32)13-9-21;1-2/h8-9,12-13,22-23,25-28H,5-7,10-11,14-20H2,1-4H3;1-2H3. The van der Waals surface area contributed by atoms with Crippen molar-refractivity contribution in [3.63, 3.8) is 0 Å². The van der Waals surface area contributed by atoms with Crippen LogP contribution < -0.4 is 0 Å². The predicted octanol–water partition coefficient (Wildman–Crippen LogP) is 8.90. The lowest BCUT2D eigenvalue weighted by molar-refractivity contribution is -0.128. The Balaban J connectivity index is 0.00000156. The average molecular weight is 514 g/mol. The molecule has 5 rings (SSSR count). The van der Waals surface area contributed by atoms with Crippen LogP contribution in [0.25, 0.3) is 0 Å². The van der Waals surface area contributed by atoms with Crippen LogP contribution in [-0.2, 0) is 11.2 Å². The summed E-state index contributed by atoms with van der Waals surface area (Å²) < 4.78 is 19.1. The minimum Gasteiger partial charge on any atom is -0.446 e. The maximum absolute atomic E-state index is 13.2. The molecule has 4 heteroatoms. The zero-order valence-corrected chi connectivity index (χ0v) is 24.4. The smallest absolute Gasteiger partial charge is 0.409 e. The van der Waals surface area contributed by atoms with Gasteiger partial charge in [0, 0.05) is 14.1 Å². The summed E-state index contributed by atoms with van der Waals surface area (Å²) >= 11 is 0. The lowest BCUT2D eigenvalue weighted by Crippen LogP contribution is -2.54. The number of amides is 1. The molecular formula is C33H52FNO2. The molecule has 0 bridgehead atoms. The molecule has 8 unspecified atom stereocenters. The van der Waals surface area contributed by atoms with E-state index >= 15 is 0 Å². The summed E-state index contributed by atoms with van der Waals surface area (Å²) in [6.07, 6.45) is 15.1. The molecule has 4 aliphatic carbocycles. The van der Waals surface area contributed by atoms with E-state index in [-0.39, 0.29) is 18.0 Å². The van der Waals surface area contributed by atoms with Crippen LogP contribution in [0.3, 0.4) is 0 Å². The summed E-state index contributed by atoms with van der Waals surface area (Å²) in [7, 11) is 3.55. The summed E-state index contributed by atoms with van der Waals surface area (Å²) in [5.74, 6) is 4.04. The summed E-state index contributed by atoms with van der Waals surface area (Å²) in [6.45, 7) is 9.23. The van der Waals surface area contributed by atoms with Crippen molar-refractivity contribution in [1.82, 2.24) is 4.90 Å². The Bertz CT molecular complexity index is 900. The summed E-state index contributed by atoms with van der Waals surface area (Å²) in [5.41, 5.74) is 2.20. The largest absolute Gasteiger partial charge is 0.446 e. The number of benzene rings is 1. The molecule has 8 atom stereocenters. The highest BCUT2D eigenvalue weighted by molar-refractivity contribution is 5.66. The van der Waals surface area contributed by atoms with Gasteiger partial charge < -0.3 is 9.64 Å². The summed E-state index contributed by atoms with van der Waals surface area (Å²) in [4.78, 5) is 13.7. The van der Waals surface area contributed by atoms with Crippen LogP contribution in [0.15, 0.2) is 24.3 Å². The maximum Gasteiger partial charge on any atom is 0.409 e. The van der Waals surface area contributed by atoms with E-state index in [4.69, 9.17) is 4.74 Å². The third-order valence-corrected chi connectivity index (χ3v) is 11.4. The van der Waals surface area contributed by atoms with Gasteiger partial charge in [-0.2, -0.15) is 0 Å². The lowest BCUT2D eigenvalue weighted by atomic mass is 9.44. The van der Waals surface area contributed by atoms with Crippen LogP contribution >= 0.6 is 0 Å². The second-order valence-corrected chi connectivity index (χ2v) is 13.2. The first kappa shape index (κ1) is 28.4. The van der Waals surface area contributed by atoms with E-state index in [0.717, 1.165) is 42.9 Å². The van der Waals surface area contributed by atoms with E-state index in [9.17, 15) is 9.18 Å². The van der Waals surface area contributed by atoms with E-state index in [1.165, 1.54) is 63.4 Å². The number of ether oxygens (including phenoxy) is 1. The average Bonchev–Trinajstić information content (AvgIpc) is 3.23. The Morgan fingerprint density at radius 2 is 1.62 bits per heavy atom. The SMILES string of the molecule is CC.CN(C)C(=O)OC1CCC2(C)C(CCC3C4CCC(CCCc5ccc(F)cc5)C4(C)CCC32)C1. The third-order valence-electron chi connectivity index (χ3n) is 11.4. The van der Waals surface area contributed by atoms with Crippen LogP contribution in [0.2, 0.25) is 0 Å². The molecule has 0 radical (unpaired) electrons. The molecule has 1 aromatic carbocycles. The van der Waals surface area contributed by atoms with Crippen molar-refractivity contribution >= 4 is 6.09 Å². The summed E-state index contributed by atoms with van der Waals surface area (Å²) in [6, 6.07) is 7.10. The van der Waals surface area contributed by atoms with Gasteiger partial charge in [0.1, 0.15) is 11.9 Å². The predicted molar refractivity (Wildman–Crippen MR) is 150 cm³/mol. The molecule has 0 aromatic heterocycles. The Kier molecular flexibility index (Phi) is 8.96. The van der Waals surface area contributed by atoms with Gasteiger partial charge in [0.15, 0.2) is 0 Å². The first-order valence-electron chi connectivity index (χ1n) is 15.3. The van der Waals surface area contributed by atoms with Gasteiger partial charge in [0.05, 0.1) is 0 Å². The van der Waals surface area contributed by atoms with Gasteiger partial charge in [-0.05, 0) is 135 Å². The van der Waals surface area contributed by atoms with E-state index < -0.39 is 0 Å². The van der Waals surface area contributed by atoms with Crippen molar-refractivity contribution < 1.29 is 13.9 Å². The van der Waals surface area contributed by atoms with Crippen LogP contribution in [0.5, 0.6) is 0 Å². The van der Waals surface area contributed by atoms with Crippen LogP contribution in [0, 0.1) is 46.2 Å². The van der Waals surface area contributed by atoms with Crippen LogP contribution in [0.1, 0.15) is 104 Å². The minimum atomic E-state index is -0.183. The number of halogens is 1. The number of nitrogens with zero attached hydrogens (tertiary/aromatic N) is 1. The van der Waals surface area contributed by atoms with Gasteiger partial charge in [-0.25, -0.2) is 9.18 Å². The fourth-order valence-corrected chi connectivity index (χ4v) is 9.36. The van der Waals surface area contributed by atoms with Crippen molar-refractivity contribution in [3.8, 4) is 0 Å². The number of fused-ring (bicyclic) bond motifs is 5. The number of carbonyl (C=O) groups is 1. The molecule has 208 valence electrons. The fourth-order valence-electron chi connectivity index (χ4n) is 9.36. The van der Waals surface area contributed by atoms with Crippen molar-refractivity contribution in [1.29, 1.82) is 0 Å². The van der Waals surface area contributed by atoms with Crippen LogP contribution in [0.4, 0.5) is 9.18 Å². The number of carbonyl (C=O) groups excluding carboxylic acids is 1. The van der Waals surface area contributed by atoms with E-state index in [0.29, 0.717) is 16.7 Å². The first-order valence-corrected chi connectivity index (χ1v) is 15.3. The number of hydrogen-bond donors (Lipinski definition) is 0. The normalized spacial score (nSPS) is 38.4. The molecule has 1 aromatic rings. The molecule has 0 spiro atoms. The van der Waals surface area contributed by atoms with Gasteiger partial charge in [-0.3, -0.25) is 0 Å². The summed E-state index contributed by atoms with van der Waals surface area (Å²) in [5, 5.41) is 0. The maximum atomic E-state index is 13.2. The molecule has 4 aliphatic rings. The molecule has 0 heterocycles. The molecule has 0 aliphatic heterocycles. The Morgan fingerprint density at radius 3 is 2.32 bits per heavy atom. The van der Waals surface area contributed by atoms with Gasteiger partial charge >= 0.3 is 6.09 Å². The molecule has 3 nitrogen and oxygen atoms in total. The third kappa shape index (κ3) is 5.59. The van der Waals surface area contributed by atoms with Gasteiger partial charge in [0.2, 0.25) is 0 Å². The van der Waals surface area contributed by atoms with E-state index in [2.05, 4.69) is 13.8 Å². The van der Waals surface area contributed by atoms with Crippen LogP contribution in [-0.4, -0.2) is 31.2 Å². The van der Waals surface area contributed by atoms with E-state index in [1.807, 2.05) is 26.0 Å². The van der Waals surface area contributed by atoms with Gasteiger partial charge in [-0.1, -0.05) is 39.8 Å². The van der Waals surface area contributed by atoms with Crippen molar-refractivity contribution in [2.45, 2.75) is 111 Å².